The van der Waals surface area contributed by atoms with E-state index in [2.05, 4.69) is 10.6 Å². The van der Waals surface area contributed by atoms with Gasteiger partial charge in [-0.05, 0) is 32.4 Å². The summed E-state index contributed by atoms with van der Waals surface area (Å²) < 4.78 is 5.30. The van der Waals surface area contributed by atoms with E-state index in [-0.39, 0.29) is 11.6 Å². The van der Waals surface area contributed by atoms with Crippen LogP contribution in [0.3, 0.4) is 0 Å². The lowest BCUT2D eigenvalue weighted by atomic mass is 9.85. The average Bonchev–Trinajstić information content (AvgIpc) is 2.37. The van der Waals surface area contributed by atoms with E-state index in [0.29, 0.717) is 6.61 Å². The number of amides is 1. The predicted octanol–water partition coefficient (Wildman–Crippen LogP) is 0.560. The number of nitrogens with zero attached hydrogens (tertiary/aromatic N) is 1. The SMILES string of the molecule is CCCOC(=O)N1CCNCC12CCNCC2. The van der Waals surface area contributed by atoms with Crippen molar-refractivity contribution in [1.82, 2.24) is 15.5 Å². The number of piperazine rings is 1. The van der Waals surface area contributed by atoms with Gasteiger partial charge in [0.05, 0.1) is 12.1 Å². The second-order valence-electron chi connectivity index (χ2n) is 4.92. The van der Waals surface area contributed by atoms with Gasteiger partial charge in [-0.25, -0.2) is 4.79 Å². The highest BCUT2D eigenvalue weighted by Crippen LogP contribution is 2.28. The topological polar surface area (TPSA) is 53.6 Å². The highest BCUT2D eigenvalue weighted by Gasteiger charge is 2.42. The number of hydrogen-bond acceptors (Lipinski definition) is 4. The van der Waals surface area contributed by atoms with Crippen LogP contribution in [-0.2, 0) is 4.74 Å². The lowest BCUT2D eigenvalue weighted by Crippen LogP contribution is -2.66. The molecular weight excluding hydrogens is 218 g/mol. The molecule has 5 heteroatoms. The molecule has 2 aliphatic rings. The summed E-state index contributed by atoms with van der Waals surface area (Å²) in [5.41, 5.74) is -0.0195. The van der Waals surface area contributed by atoms with Crippen LogP contribution in [0.2, 0.25) is 0 Å². The fourth-order valence-electron chi connectivity index (χ4n) is 2.74. The molecule has 0 saturated carbocycles. The van der Waals surface area contributed by atoms with Crippen LogP contribution in [0.4, 0.5) is 4.79 Å². The van der Waals surface area contributed by atoms with E-state index in [9.17, 15) is 4.79 Å². The third-order valence-electron chi connectivity index (χ3n) is 3.72. The van der Waals surface area contributed by atoms with Gasteiger partial charge in [0, 0.05) is 19.6 Å². The largest absolute Gasteiger partial charge is 0.449 e. The first-order valence-corrected chi connectivity index (χ1v) is 6.64. The fraction of sp³-hybridized carbons (Fsp3) is 0.917. The molecule has 0 unspecified atom stereocenters. The molecule has 2 heterocycles. The second-order valence-corrected chi connectivity index (χ2v) is 4.92. The van der Waals surface area contributed by atoms with Gasteiger partial charge in [-0.3, -0.25) is 4.90 Å². The van der Waals surface area contributed by atoms with Crippen molar-refractivity contribution in [2.24, 2.45) is 0 Å². The molecule has 2 N–H and O–H groups in total. The summed E-state index contributed by atoms with van der Waals surface area (Å²) in [7, 11) is 0. The molecule has 0 bridgehead atoms. The fourth-order valence-corrected chi connectivity index (χ4v) is 2.74. The quantitative estimate of drug-likeness (QED) is 0.742. The Hall–Kier alpha value is -0.810. The second kappa shape index (κ2) is 5.69. The van der Waals surface area contributed by atoms with Crippen LogP contribution >= 0.6 is 0 Å². The van der Waals surface area contributed by atoms with Crippen LogP contribution in [-0.4, -0.2) is 55.9 Å². The van der Waals surface area contributed by atoms with Gasteiger partial charge in [0.2, 0.25) is 0 Å². The van der Waals surface area contributed by atoms with Gasteiger partial charge in [0.1, 0.15) is 0 Å². The molecule has 0 aromatic rings. The Kier molecular flexibility index (Phi) is 4.23. The lowest BCUT2D eigenvalue weighted by Gasteiger charge is -2.49. The van der Waals surface area contributed by atoms with Gasteiger partial charge in [-0.15, -0.1) is 0 Å². The van der Waals surface area contributed by atoms with Gasteiger partial charge < -0.3 is 15.4 Å². The Morgan fingerprint density at radius 3 is 2.76 bits per heavy atom. The summed E-state index contributed by atoms with van der Waals surface area (Å²) in [6.07, 6.45) is 2.78. The Morgan fingerprint density at radius 2 is 2.06 bits per heavy atom. The van der Waals surface area contributed by atoms with Gasteiger partial charge >= 0.3 is 6.09 Å². The number of nitrogens with one attached hydrogen (secondary N) is 2. The smallest absolute Gasteiger partial charge is 0.410 e. The Balaban J connectivity index is 2.03. The number of rotatable bonds is 2. The van der Waals surface area contributed by atoms with Crippen LogP contribution in [0.25, 0.3) is 0 Å². The molecule has 0 radical (unpaired) electrons. The zero-order valence-corrected chi connectivity index (χ0v) is 10.6. The molecule has 2 rings (SSSR count). The first kappa shape index (κ1) is 12.6. The monoisotopic (exact) mass is 241 g/mol. The summed E-state index contributed by atoms with van der Waals surface area (Å²) >= 11 is 0. The Bertz CT molecular complexity index is 256. The molecule has 0 atom stereocenters. The molecule has 0 aromatic carbocycles. The third-order valence-corrected chi connectivity index (χ3v) is 3.72. The standard InChI is InChI=1S/C12H23N3O2/c1-2-9-17-11(16)15-8-7-14-10-12(15)3-5-13-6-4-12/h13-14H,2-10H2,1H3. The van der Waals surface area contributed by atoms with Crippen LogP contribution in [0, 0.1) is 0 Å². The van der Waals surface area contributed by atoms with Crippen molar-refractivity contribution in [2.75, 3.05) is 39.3 Å². The molecule has 0 aromatic heterocycles. The number of piperidine rings is 1. The molecule has 1 spiro atoms. The van der Waals surface area contributed by atoms with Gasteiger partial charge in [0.15, 0.2) is 0 Å². The van der Waals surface area contributed by atoms with Crippen molar-refractivity contribution in [2.45, 2.75) is 31.7 Å². The van der Waals surface area contributed by atoms with Crippen molar-refractivity contribution in [3.63, 3.8) is 0 Å². The molecule has 0 aliphatic carbocycles. The van der Waals surface area contributed by atoms with Crippen LogP contribution in [0.5, 0.6) is 0 Å². The first-order valence-electron chi connectivity index (χ1n) is 6.64. The number of ether oxygens (including phenoxy) is 1. The molecule has 2 fully saturated rings. The highest BCUT2D eigenvalue weighted by molar-refractivity contribution is 5.69. The summed E-state index contributed by atoms with van der Waals surface area (Å²) in [5.74, 6) is 0. The number of carbonyl (C=O) groups excluding carboxylic acids is 1. The molecule has 2 aliphatic heterocycles. The maximum Gasteiger partial charge on any atom is 0.410 e. The van der Waals surface area contributed by atoms with Crippen molar-refractivity contribution < 1.29 is 9.53 Å². The average molecular weight is 241 g/mol. The van der Waals surface area contributed by atoms with E-state index in [1.807, 2.05) is 11.8 Å². The van der Waals surface area contributed by atoms with Gasteiger partial charge in [0.25, 0.3) is 0 Å². The highest BCUT2D eigenvalue weighted by atomic mass is 16.6. The first-order chi connectivity index (χ1) is 8.28. The van der Waals surface area contributed by atoms with Crippen molar-refractivity contribution in [1.29, 1.82) is 0 Å². The predicted molar refractivity (Wildman–Crippen MR) is 66.0 cm³/mol. The normalized spacial score (nSPS) is 23.7. The van der Waals surface area contributed by atoms with Crippen LogP contribution in [0.1, 0.15) is 26.2 Å². The summed E-state index contributed by atoms with van der Waals surface area (Å²) in [4.78, 5) is 14.0. The van der Waals surface area contributed by atoms with Crippen LogP contribution in [0.15, 0.2) is 0 Å². The van der Waals surface area contributed by atoms with Crippen molar-refractivity contribution in [3.8, 4) is 0 Å². The summed E-state index contributed by atoms with van der Waals surface area (Å²) in [6.45, 7) is 7.05. The van der Waals surface area contributed by atoms with E-state index >= 15 is 0 Å². The van der Waals surface area contributed by atoms with E-state index in [1.165, 1.54) is 0 Å². The van der Waals surface area contributed by atoms with E-state index in [1.54, 1.807) is 0 Å². The Morgan fingerprint density at radius 1 is 1.29 bits per heavy atom. The minimum Gasteiger partial charge on any atom is -0.449 e. The molecule has 98 valence electrons. The summed E-state index contributed by atoms with van der Waals surface area (Å²) in [6, 6.07) is 0. The van der Waals surface area contributed by atoms with E-state index in [4.69, 9.17) is 4.74 Å². The molecular formula is C12H23N3O2. The molecule has 17 heavy (non-hydrogen) atoms. The third kappa shape index (κ3) is 2.72. The van der Waals surface area contributed by atoms with Crippen molar-refractivity contribution >= 4 is 6.09 Å². The molecule has 5 nitrogen and oxygen atoms in total. The Labute approximate surface area is 103 Å². The number of hydrogen-bond donors (Lipinski definition) is 2. The zero-order valence-electron chi connectivity index (χ0n) is 10.6. The summed E-state index contributed by atoms with van der Waals surface area (Å²) in [5, 5.41) is 6.76. The number of carbonyl (C=O) groups is 1. The van der Waals surface area contributed by atoms with E-state index < -0.39 is 0 Å². The molecule has 1 amide bonds. The van der Waals surface area contributed by atoms with Crippen molar-refractivity contribution in [3.05, 3.63) is 0 Å². The van der Waals surface area contributed by atoms with E-state index in [0.717, 1.165) is 52.0 Å². The van der Waals surface area contributed by atoms with Crippen LogP contribution < -0.4 is 10.6 Å². The maximum absolute atomic E-state index is 12.1. The van der Waals surface area contributed by atoms with Gasteiger partial charge in [-0.1, -0.05) is 6.92 Å². The minimum atomic E-state index is -0.129. The lowest BCUT2D eigenvalue weighted by molar-refractivity contribution is 0.0191. The molecule has 2 saturated heterocycles. The minimum absolute atomic E-state index is 0.0195. The zero-order chi connectivity index (χ0) is 12.1. The maximum atomic E-state index is 12.1. The van der Waals surface area contributed by atoms with Gasteiger partial charge in [-0.2, -0.15) is 0 Å².